The molecule has 0 saturated heterocycles. The van der Waals surface area contributed by atoms with Gasteiger partial charge in [0, 0.05) is 6.42 Å². The van der Waals surface area contributed by atoms with Crippen LogP contribution in [0.3, 0.4) is 0 Å². The zero-order chi connectivity index (χ0) is 11.3. The quantitative estimate of drug-likeness (QED) is 0.682. The average Bonchev–Trinajstić information content (AvgIpc) is 2.18. The second-order valence-electron chi connectivity index (χ2n) is 2.80. The van der Waals surface area contributed by atoms with Crippen molar-refractivity contribution in [1.29, 1.82) is 0 Å². The molecular weight excluding hydrogens is 200 g/mol. The van der Waals surface area contributed by atoms with Crippen molar-refractivity contribution in [3.8, 4) is 5.75 Å². The molecule has 0 amide bonds. The molecule has 15 heavy (non-hydrogen) atoms. The van der Waals surface area contributed by atoms with E-state index in [1.807, 2.05) is 18.2 Å². The first-order chi connectivity index (χ1) is 7.11. The third kappa shape index (κ3) is 3.30. The fourth-order valence-corrected chi connectivity index (χ4v) is 1.21. The SMILES string of the molecule is O=C(O)O.O=C1CCOc2ccccc21. The number of para-hydroxylation sites is 1. The van der Waals surface area contributed by atoms with Crippen molar-refractivity contribution in [3.63, 3.8) is 0 Å². The van der Waals surface area contributed by atoms with Gasteiger partial charge in [0.1, 0.15) is 5.75 Å². The molecule has 1 aromatic rings. The zero-order valence-corrected chi connectivity index (χ0v) is 7.84. The monoisotopic (exact) mass is 210 g/mol. The molecule has 1 aliphatic rings. The van der Waals surface area contributed by atoms with E-state index in [0.29, 0.717) is 13.0 Å². The van der Waals surface area contributed by atoms with Crippen LogP contribution in [0.25, 0.3) is 0 Å². The summed E-state index contributed by atoms with van der Waals surface area (Å²) in [6, 6.07) is 7.35. The van der Waals surface area contributed by atoms with Crippen molar-refractivity contribution in [2.24, 2.45) is 0 Å². The summed E-state index contributed by atoms with van der Waals surface area (Å²) in [6.07, 6.45) is -1.32. The summed E-state index contributed by atoms with van der Waals surface area (Å²) in [6.45, 7) is 0.524. The molecule has 1 heterocycles. The predicted octanol–water partition coefficient (Wildman–Crippen LogP) is 1.87. The maximum Gasteiger partial charge on any atom is 0.503 e. The van der Waals surface area contributed by atoms with E-state index in [9.17, 15) is 4.79 Å². The van der Waals surface area contributed by atoms with E-state index in [4.69, 9.17) is 19.7 Å². The minimum absolute atomic E-state index is 0.187. The Balaban J connectivity index is 0.000000245. The molecule has 0 saturated carbocycles. The normalized spacial score (nSPS) is 12.9. The van der Waals surface area contributed by atoms with Crippen LogP contribution in [0.5, 0.6) is 5.75 Å². The molecule has 1 aliphatic heterocycles. The Morgan fingerprint density at radius 2 is 1.87 bits per heavy atom. The number of carbonyl (C=O) groups is 2. The second kappa shape index (κ2) is 4.99. The molecule has 80 valence electrons. The van der Waals surface area contributed by atoms with Gasteiger partial charge in [-0.25, -0.2) is 4.79 Å². The van der Waals surface area contributed by atoms with E-state index >= 15 is 0 Å². The van der Waals surface area contributed by atoms with Crippen molar-refractivity contribution in [1.82, 2.24) is 0 Å². The second-order valence-corrected chi connectivity index (χ2v) is 2.80. The van der Waals surface area contributed by atoms with Crippen molar-refractivity contribution in [3.05, 3.63) is 29.8 Å². The highest BCUT2D eigenvalue weighted by molar-refractivity contribution is 5.99. The number of carboxylic acid groups (broad SMARTS) is 2. The average molecular weight is 210 g/mol. The summed E-state index contributed by atoms with van der Waals surface area (Å²) in [4.78, 5) is 19.8. The molecule has 0 aliphatic carbocycles. The first-order valence-corrected chi connectivity index (χ1v) is 4.28. The van der Waals surface area contributed by atoms with Crippen LogP contribution in [-0.2, 0) is 0 Å². The van der Waals surface area contributed by atoms with Gasteiger partial charge in [-0.3, -0.25) is 4.79 Å². The fraction of sp³-hybridized carbons (Fsp3) is 0.200. The van der Waals surface area contributed by atoms with Gasteiger partial charge in [-0.05, 0) is 12.1 Å². The largest absolute Gasteiger partial charge is 0.503 e. The van der Waals surface area contributed by atoms with Gasteiger partial charge in [-0.2, -0.15) is 0 Å². The number of hydrogen-bond acceptors (Lipinski definition) is 3. The summed E-state index contributed by atoms with van der Waals surface area (Å²) in [5.74, 6) is 0.913. The molecule has 0 spiro atoms. The lowest BCUT2D eigenvalue weighted by Crippen LogP contribution is -2.14. The van der Waals surface area contributed by atoms with Crippen LogP contribution in [0.1, 0.15) is 16.8 Å². The number of ketones is 1. The van der Waals surface area contributed by atoms with Crippen molar-refractivity contribution < 1.29 is 24.5 Å². The number of rotatable bonds is 0. The van der Waals surface area contributed by atoms with E-state index in [-0.39, 0.29) is 5.78 Å². The summed E-state index contributed by atoms with van der Waals surface area (Å²) in [7, 11) is 0. The number of hydrogen-bond donors (Lipinski definition) is 2. The van der Waals surface area contributed by atoms with Crippen LogP contribution >= 0.6 is 0 Å². The van der Waals surface area contributed by atoms with Crippen LogP contribution in [0.15, 0.2) is 24.3 Å². The standard InChI is InChI=1S/C9H8O2.CH2O3/c10-8-5-6-11-9-4-2-1-3-7(8)9;2-1(3)4/h1-4H,5-6H2;(H2,2,3,4). The van der Waals surface area contributed by atoms with Crippen molar-refractivity contribution in [2.45, 2.75) is 6.42 Å². The third-order valence-corrected chi connectivity index (χ3v) is 1.77. The molecule has 5 heteroatoms. The van der Waals surface area contributed by atoms with E-state index < -0.39 is 6.16 Å². The Labute approximate surface area is 85.9 Å². The Hall–Kier alpha value is -2.04. The summed E-state index contributed by atoms with van der Waals surface area (Å²) in [5, 5.41) is 13.9. The van der Waals surface area contributed by atoms with Crippen LogP contribution in [0.2, 0.25) is 0 Å². The summed E-state index contributed by atoms with van der Waals surface area (Å²) in [5.41, 5.74) is 0.721. The lowest BCUT2D eigenvalue weighted by Gasteiger charge is -2.14. The molecule has 0 bridgehead atoms. The Bertz CT molecular complexity index is 368. The molecular formula is C10H10O5. The zero-order valence-electron chi connectivity index (χ0n) is 7.84. The van der Waals surface area contributed by atoms with E-state index in [1.165, 1.54) is 0 Å². The van der Waals surface area contributed by atoms with Gasteiger partial charge in [0.05, 0.1) is 12.2 Å². The lowest BCUT2D eigenvalue weighted by molar-refractivity contribution is 0.0933. The summed E-state index contributed by atoms with van der Waals surface area (Å²) < 4.78 is 5.27. The molecule has 0 fully saturated rings. The van der Waals surface area contributed by atoms with Crippen LogP contribution in [-0.4, -0.2) is 28.8 Å². The van der Waals surface area contributed by atoms with Crippen molar-refractivity contribution in [2.75, 3.05) is 6.61 Å². The maximum atomic E-state index is 11.2. The van der Waals surface area contributed by atoms with E-state index in [2.05, 4.69) is 0 Å². The molecule has 0 radical (unpaired) electrons. The molecule has 5 nitrogen and oxygen atoms in total. The first kappa shape index (κ1) is 11.0. The Morgan fingerprint density at radius 3 is 2.47 bits per heavy atom. The molecule has 1 aromatic carbocycles. The minimum Gasteiger partial charge on any atom is -0.492 e. The fourth-order valence-electron chi connectivity index (χ4n) is 1.21. The van der Waals surface area contributed by atoms with Crippen LogP contribution in [0, 0.1) is 0 Å². The topological polar surface area (TPSA) is 83.8 Å². The number of fused-ring (bicyclic) bond motifs is 1. The van der Waals surface area contributed by atoms with Gasteiger partial charge in [0.15, 0.2) is 5.78 Å². The number of benzene rings is 1. The smallest absolute Gasteiger partial charge is 0.492 e. The summed E-state index contributed by atoms with van der Waals surface area (Å²) >= 11 is 0. The third-order valence-electron chi connectivity index (χ3n) is 1.77. The first-order valence-electron chi connectivity index (χ1n) is 4.28. The van der Waals surface area contributed by atoms with Crippen LogP contribution < -0.4 is 4.74 Å². The number of Topliss-reactive ketones (excluding diaryl/α,β-unsaturated/α-hetero) is 1. The van der Waals surface area contributed by atoms with Gasteiger partial charge in [-0.15, -0.1) is 0 Å². The molecule has 2 N–H and O–H groups in total. The molecule has 2 rings (SSSR count). The van der Waals surface area contributed by atoms with Crippen LogP contribution in [0.4, 0.5) is 4.79 Å². The maximum absolute atomic E-state index is 11.2. The highest BCUT2D eigenvalue weighted by Crippen LogP contribution is 2.23. The van der Waals surface area contributed by atoms with Gasteiger partial charge in [0.25, 0.3) is 0 Å². The van der Waals surface area contributed by atoms with Crippen molar-refractivity contribution >= 4 is 11.9 Å². The van der Waals surface area contributed by atoms with E-state index in [1.54, 1.807) is 6.07 Å². The van der Waals surface area contributed by atoms with E-state index in [0.717, 1.165) is 11.3 Å². The minimum atomic E-state index is -1.83. The molecule has 0 atom stereocenters. The van der Waals surface area contributed by atoms with Gasteiger partial charge < -0.3 is 14.9 Å². The highest BCUT2D eigenvalue weighted by atomic mass is 16.6. The molecule has 0 unspecified atom stereocenters. The number of carbonyl (C=O) groups excluding carboxylic acids is 1. The lowest BCUT2D eigenvalue weighted by atomic mass is 10.1. The Morgan fingerprint density at radius 1 is 1.27 bits per heavy atom. The highest BCUT2D eigenvalue weighted by Gasteiger charge is 2.16. The van der Waals surface area contributed by atoms with Gasteiger partial charge in [-0.1, -0.05) is 12.1 Å². The predicted molar refractivity (Wildman–Crippen MR) is 51.5 cm³/mol. The molecule has 0 aromatic heterocycles. The number of ether oxygens (including phenoxy) is 1. The van der Waals surface area contributed by atoms with Gasteiger partial charge in [0.2, 0.25) is 0 Å². The Kier molecular flexibility index (Phi) is 3.68. The van der Waals surface area contributed by atoms with Gasteiger partial charge >= 0.3 is 6.16 Å².